The first-order valence-corrected chi connectivity index (χ1v) is 8.80. The maximum atomic E-state index is 12.2. The molecule has 0 bridgehead atoms. The minimum absolute atomic E-state index is 0.0160. The SMILES string of the molecule is CC.CC.Cc1nc([C@@H]2CCCN2C(=O)OC(C)(C)C)[nH]c1C. The number of aromatic nitrogens is 2. The minimum Gasteiger partial charge on any atom is -0.444 e. The molecular weight excluding hydrogens is 290 g/mol. The third kappa shape index (κ3) is 6.24. The van der Waals surface area contributed by atoms with Crippen LogP contribution in [0, 0.1) is 13.8 Å². The molecule has 0 saturated carbocycles. The number of ether oxygens (including phenoxy) is 1. The normalized spacial score (nSPS) is 16.9. The molecule has 5 heteroatoms. The van der Waals surface area contributed by atoms with E-state index in [1.165, 1.54) is 0 Å². The lowest BCUT2D eigenvalue weighted by Crippen LogP contribution is -2.36. The third-order valence-electron chi connectivity index (χ3n) is 3.34. The second-order valence-electron chi connectivity index (χ2n) is 6.16. The van der Waals surface area contributed by atoms with Crippen LogP contribution < -0.4 is 0 Å². The Labute approximate surface area is 141 Å². The smallest absolute Gasteiger partial charge is 0.410 e. The number of rotatable bonds is 1. The van der Waals surface area contributed by atoms with Gasteiger partial charge in [-0.1, -0.05) is 27.7 Å². The topological polar surface area (TPSA) is 58.2 Å². The van der Waals surface area contributed by atoms with E-state index in [1.54, 1.807) is 4.90 Å². The number of likely N-dealkylation sites (tertiary alicyclic amines) is 1. The minimum atomic E-state index is -0.459. The van der Waals surface area contributed by atoms with Crippen LogP contribution in [-0.2, 0) is 4.74 Å². The number of nitrogens with zero attached hydrogens (tertiary/aromatic N) is 2. The molecule has 0 spiro atoms. The van der Waals surface area contributed by atoms with Gasteiger partial charge in [0.25, 0.3) is 0 Å². The van der Waals surface area contributed by atoms with Gasteiger partial charge >= 0.3 is 6.09 Å². The fourth-order valence-corrected chi connectivity index (χ4v) is 2.32. The maximum Gasteiger partial charge on any atom is 0.410 e. The van der Waals surface area contributed by atoms with Crippen LogP contribution in [-0.4, -0.2) is 33.1 Å². The summed E-state index contributed by atoms with van der Waals surface area (Å²) in [6, 6.07) is 0.0160. The molecule has 5 nitrogen and oxygen atoms in total. The molecule has 0 radical (unpaired) electrons. The van der Waals surface area contributed by atoms with Crippen molar-refractivity contribution < 1.29 is 9.53 Å². The molecule has 1 fully saturated rings. The van der Waals surface area contributed by atoms with Crippen molar-refractivity contribution in [1.82, 2.24) is 14.9 Å². The van der Waals surface area contributed by atoms with Crippen LogP contribution in [0.1, 0.15) is 84.6 Å². The molecule has 0 unspecified atom stereocenters. The predicted octanol–water partition coefficient (Wildman–Crippen LogP) is 5.15. The van der Waals surface area contributed by atoms with Crippen molar-refractivity contribution in [1.29, 1.82) is 0 Å². The number of aromatic amines is 1. The Morgan fingerprint density at radius 2 is 1.78 bits per heavy atom. The molecule has 2 rings (SSSR count). The summed E-state index contributed by atoms with van der Waals surface area (Å²) in [5.41, 5.74) is 1.59. The molecule has 1 aliphatic rings. The lowest BCUT2D eigenvalue weighted by Gasteiger charge is -2.27. The number of hydrogen-bond acceptors (Lipinski definition) is 3. The van der Waals surface area contributed by atoms with E-state index in [2.05, 4.69) is 9.97 Å². The molecule has 1 amide bonds. The first-order valence-electron chi connectivity index (χ1n) is 8.80. The zero-order valence-electron chi connectivity index (χ0n) is 16.4. The highest BCUT2D eigenvalue weighted by Gasteiger charge is 2.34. The number of carbonyl (C=O) groups excluding carboxylic acids is 1. The molecule has 1 saturated heterocycles. The Kier molecular flexibility index (Phi) is 8.95. The first kappa shape index (κ1) is 21.5. The fourth-order valence-electron chi connectivity index (χ4n) is 2.32. The Morgan fingerprint density at radius 3 is 2.22 bits per heavy atom. The number of amides is 1. The van der Waals surface area contributed by atoms with Crippen molar-refractivity contribution >= 4 is 6.09 Å². The fraction of sp³-hybridized carbons (Fsp3) is 0.778. The van der Waals surface area contributed by atoms with E-state index in [0.717, 1.165) is 36.6 Å². The Hall–Kier alpha value is -1.52. The summed E-state index contributed by atoms with van der Waals surface area (Å²) in [6.07, 6.45) is 1.68. The van der Waals surface area contributed by atoms with Gasteiger partial charge in [0.15, 0.2) is 0 Å². The Morgan fingerprint density at radius 1 is 1.22 bits per heavy atom. The van der Waals surface area contributed by atoms with E-state index in [9.17, 15) is 4.79 Å². The van der Waals surface area contributed by atoms with Crippen LogP contribution in [0.3, 0.4) is 0 Å². The van der Waals surface area contributed by atoms with Gasteiger partial charge in [-0.25, -0.2) is 9.78 Å². The monoisotopic (exact) mass is 325 g/mol. The highest BCUT2D eigenvalue weighted by Crippen LogP contribution is 2.31. The average Bonchev–Trinajstić information content (AvgIpc) is 3.09. The zero-order valence-corrected chi connectivity index (χ0v) is 16.4. The summed E-state index contributed by atoms with van der Waals surface area (Å²) in [7, 11) is 0. The molecule has 1 N–H and O–H groups in total. The highest BCUT2D eigenvalue weighted by molar-refractivity contribution is 5.69. The maximum absolute atomic E-state index is 12.2. The van der Waals surface area contributed by atoms with Crippen LogP contribution in [0.2, 0.25) is 0 Å². The number of carbonyl (C=O) groups is 1. The summed E-state index contributed by atoms with van der Waals surface area (Å²) in [4.78, 5) is 21.8. The van der Waals surface area contributed by atoms with Crippen molar-refractivity contribution in [2.24, 2.45) is 0 Å². The van der Waals surface area contributed by atoms with E-state index in [4.69, 9.17) is 4.74 Å². The van der Waals surface area contributed by atoms with E-state index < -0.39 is 5.60 Å². The summed E-state index contributed by atoms with van der Waals surface area (Å²) < 4.78 is 5.46. The van der Waals surface area contributed by atoms with Crippen LogP contribution >= 0.6 is 0 Å². The van der Waals surface area contributed by atoms with E-state index in [0.29, 0.717) is 0 Å². The van der Waals surface area contributed by atoms with Crippen LogP contribution in [0.15, 0.2) is 0 Å². The lowest BCUT2D eigenvalue weighted by molar-refractivity contribution is 0.0218. The van der Waals surface area contributed by atoms with Gasteiger partial charge in [0.2, 0.25) is 0 Å². The standard InChI is InChI=1S/C14H23N3O2.2C2H6/c1-9-10(2)16-12(15-9)11-7-6-8-17(11)13(18)19-14(3,4)5;2*1-2/h11H,6-8H2,1-5H3,(H,15,16);2*1-2H3/t11-;;/m0../s1. The lowest BCUT2D eigenvalue weighted by atomic mass is 10.2. The van der Waals surface area contributed by atoms with E-state index in [1.807, 2.05) is 62.3 Å². The summed E-state index contributed by atoms with van der Waals surface area (Å²) in [5, 5.41) is 0. The Balaban J connectivity index is 0.00000112. The van der Waals surface area contributed by atoms with Gasteiger partial charge in [-0.2, -0.15) is 0 Å². The van der Waals surface area contributed by atoms with Crippen molar-refractivity contribution in [3.05, 3.63) is 17.2 Å². The van der Waals surface area contributed by atoms with Crippen molar-refractivity contribution in [2.45, 2.75) is 86.8 Å². The summed E-state index contributed by atoms with van der Waals surface area (Å²) >= 11 is 0. The number of H-pyrrole nitrogens is 1. The van der Waals surface area contributed by atoms with Crippen LogP contribution in [0.4, 0.5) is 4.79 Å². The first-order chi connectivity index (χ1) is 10.8. The van der Waals surface area contributed by atoms with Gasteiger partial charge in [0, 0.05) is 12.2 Å². The van der Waals surface area contributed by atoms with Crippen LogP contribution in [0.25, 0.3) is 0 Å². The summed E-state index contributed by atoms with van der Waals surface area (Å²) in [5.74, 6) is 0.873. The van der Waals surface area contributed by atoms with E-state index >= 15 is 0 Å². The van der Waals surface area contributed by atoms with Crippen molar-refractivity contribution in [3.63, 3.8) is 0 Å². The van der Waals surface area contributed by atoms with E-state index in [-0.39, 0.29) is 12.1 Å². The zero-order chi connectivity index (χ0) is 18.2. The number of nitrogens with one attached hydrogen (secondary N) is 1. The molecular formula is C18H35N3O2. The summed E-state index contributed by atoms with van der Waals surface area (Å²) in [6.45, 7) is 18.4. The van der Waals surface area contributed by atoms with Crippen LogP contribution in [0.5, 0.6) is 0 Å². The average molecular weight is 325 g/mol. The Bertz CT molecular complexity index is 456. The van der Waals surface area contributed by atoms with Gasteiger partial charge in [-0.15, -0.1) is 0 Å². The van der Waals surface area contributed by atoms with Crippen molar-refractivity contribution in [3.8, 4) is 0 Å². The number of imidazole rings is 1. The van der Waals surface area contributed by atoms with Gasteiger partial charge in [0.05, 0.1) is 11.7 Å². The molecule has 0 aromatic carbocycles. The number of aryl methyl sites for hydroxylation is 2. The molecule has 1 aliphatic heterocycles. The molecule has 1 aromatic heterocycles. The second kappa shape index (κ2) is 9.58. The third-order valence-corrected chi connectivity index (χ3v) is 3.34. The molecule has 1 atom stereocenters. The predicted molar refractivity (Wildman–Crippen MR) is 95.7 cm³/mol. The second-order valence-corrected chi connectivity index (χ2v) is 6.16. The molecule has 134 valence electrons. The van der Waals surface area contributed by atoms with Gasteiger partial charge in [-0.05, 0) is 47.5 Å². The largest absolute Gasteiger partial charge is 0.444 e. The van der Waals surface area contributed by atoms with Gasteiger partial charge in [-0.3, -0.25) is 4.90 Å². The molecule has 23 heavy (non-hydrogen) atoms. The molecule has 1 aromatic rings. The van der Waals surface area contributed by atoms with Crippen molar-refractivity contribution in [2.75, 3.05) is 6.54 Å². The molecule has 0 aliphatic carbocycles. The quantitative estimate of drug-likeness (QED) is 0.776. The van der Waals surface area contributed by atoms with Gasteiger partial charge in [0.1, 0.15) is 11.4 Å². The highest BCUT2D eigenvalue weighted by atomic mass is 16.6. The molecule has 2 heterocycles. The van der Waals surface area contributed by atoms with Gasteiger partial charge < -0.3 is 9.72 Å². The number of hydrogen-bond donors (Lipinski definition) is 1.